The minimum Gasteiger partial charge on any atom is -0.618 e. The van der Waals surface area contributed by atoms with Gasteiger partial charge < -0.3 is 15.3 Å². The Morgan fingerprint density at radius 3 is 2.85 bits per heavy atom. The Hall–Kier alpha value is -2.55. The van der Waals surface area contributed by atoms with Gasteiger partial charge in [-0.05, 0) is 13.0 Å². The topological polar surface area (TPSA) is 78.2 Å². The van der Waals surface area contributed by atoms with E-state index in [2.05, 4.69) is 10.3 Å². The van der Waals surface area contributed by atoms with Crippen molar-refractivity contribution in [2.45, 2.75) is 19.3 Å². The third-order valence-corrected chi connectivity index (χ3v) is 3.70. The number of hydrogen-bond donors (Lipinski definition) is 1. The monoisotopic (exact) mass is 389 g/mol. The first-order valence-electron chi connectivity index (χ1n) is 7.55. The zero-order valence-electron chi connectivity index (χ0n) is 13.6. The van der Waals surface area contributed by atoms with Gasteiger partial charge in [0, 0.05) is 23.9 Å². The smallest absolute Gasteiger partial charge is 0.347 e. The molecule has 0 aromatic carbocycles. The number of nitrogens with zero attached hydrogens (tertiary/aromatic N) is 2. The van der Waals surface area contributed by atoms with Crippen LogP contribution in [0.5, 0.6) is 0 Å². The molecule has 26 heavy (non-hydrogen) atoms. The van der Waals surface area contributed by atoms with Crippen LogP contribution in [0.2, 0.25) is 5.02 Å². The van der Waals surface area contributed by atoms with Gasteiger partial charge in [-0.25, -0.2) is 9.37 Å². The molecule has 0 aliphatic rings. The molecule has 10 heteroatoms. The first kappa shape index (κ1) is 19.8. The van der Waals surface area contributed by atoms with Crippen LogP contribution in [0.25, 0.3) is 0 Å². The lowest BCUT2D eigenvalue weighted by molar-refractivity contribution is -0.624. The fourth-order valence-electron chi connectivity index (χ4n) is 2.14. The van der Waals surface area contributed by atoms with E-state index >= 15 is 0 Å². The van der Waals surface area contributed by atoms with Crippen LogP contribution in [0, 0.1) is 11.0 Å². The molecule has 0 saturated heterocycles. The van der Waals surface area contributed by atoms with Gasteiger partial charge in [-0.15, -0.1) is 0 Å². The van der Waals surface area contributed by atoms with Crippen LogP contribution in [0.1, 0.15) is 18.2 Å². The summed E-state index contributed by atoms with van der Waals surface area (Å²) in [4.78, 5) is 15.1. The number of carbonyl (C=O) groups is 1. The molecule has 0 atom stereocenters. The van der Waals surface area contributed by atoms with E-state index in [-0.39, 0.29) is 21.9 Å². The number of rotatable bonds is 7. The van der Waals surface area contributed by atoms with E-state index in [1.165, 1.54) is 12.1 Å². The van der Waals surface area contributed by atoms with Gasteiger partial charge in [0.15, 0.2) is 17.8 Å². The Morgan fingerprint density at radius 2 is 2.19 bits per heavy atom. The molecular formula is C16H15ClF3N3O3. The lowest BCUT2D eigenvalue weighted by atomic mass is 10.1. The quantitative estimate of drug-likeness (QED) is 0.447. The summed E-state index contributed by atoms with van der Waals surface area (Å²) < 4.78 is 47.6. The SMILES string of the molecule is CCOC(=O)Cc1c(Cl)cnc(NCC(F)(F)c2cccc[n+]2[O-])c1F. The Balaban J connectivity index is 2.19. The third kappa shape index (κ3) is 4.54. The highest BCUT2D eigenvalue weighted by atomic mass is 35.5. The lowest BCUT2D eigenvalue weighted by Gasteiger charge is -2.17. The molecule has 1 N–H and O–H groups in total. The number of aromatic nitrogens is 2. The van der Waals surface area contributed by atoms with Crippen molar-refractivity contribution in [1.29, 1.82) is 0 Å². The maximum absolute atomic E-state index is 14.5. The minimum absolute atomic E-state index is 0.0273. The molecule has 0 amide bonds. The summed E-state index contributed by atoms with van der Waals surface area (Å²) in [5, 5.41) is 13.5. The van der Waals surface area contributed by atoms with Gasteiger partial charge in [-0.3, -0.25) is 4.79 Å². The lowest BCUT2D eigenvalue weighted by Crippen LogP contribution is -2.41. The summed E-state index contributed by atoms with van der Waals surface area (Å²) in [5.41, 5.74) is -1.02. The minimum atomic E-state index is -3.59. The summed E-state index contributed by atoms with van der Waals surface area (Å²) in [5.74, 6) is -5.85. The third-order valence-electron chi connectivity index (χ3n) is 3.37. The van der Waals surface area contributed by atoms with E-state index < -0.39 is 42.2 Å². The second-order valence-electron chi connectivity index (χ2n) is 5.20. The highest BCUT2D eigenvalue weighted by molar-refractivity contribution is 6.31. The number of carbonyl (C=O) groups excluding carboxylic acids is 1. The van der Waals surface area contributed by atoms with Gasteiger partial charge >= 0.3 is 11.9 Å². The molecule has 2 heterocycles. The average molecular weight is 390 g/mol. The Bertz CT molecular complexity index is 806. The van der Waals surface area contributed by atoms with E-state index in [0.717, 1.165) is 18.5 Å². The summed E-state index contributed by atoms with van der Waals surface area (Å²) in [6.07, 6.45) is 1.50. The highest BCUT2D eigenvalue weighted by Crippen LogP contribution is 2.28. The fraction of sp³-hybridized carbons (Fsp3) is 0.312. The van der Waals surface area contributed by atoms with E-state index in [4.69, 9.17) is 16.3 Å². The van der Waals surface area contributed by atoms with Crippen molar-refractivity contribution >= 4 is 23.4 Å². The predicted molar refractivity (Wildman–Crippen MR) is 87.3 cm³/mol. The van der Waals surface area contributed by atoms with Crippen molar-refractivity contribution in [3.8, 4) is 0 Å². The molecule has 140 valence electrons. The van der Waals surface area contributed by atoms with Gasteiger partial charge in [0.25, 0.3) is 5.69 Å². The van der Waals surface area contributed by atoms with Gasteiger partial charge in [-0.1, -0.05) is 11.6 Å². The van der Waals surface area contributed by atoms with Crippen molar-refractivity contribution in [3.63, 3.8) is 0 Å². The van der Waals surface area contributed by atoms with E-state index in [1.807, 2.05) is 0 Å². The first-order chi connectivity index (χ1) is 12.3. The zero-order chi connectivity index (χ0) is 19.3. The second kappa shape index (κ2) is 8.22. The van der Waals surface area contributed by atoms with Crippen LogP contribution >= 0.6 is 11.6 Å². The molecule has 0 bridgehead atoms. The number of anilines is 1. The summed E-state index contributed by atoms with van der Waals surface area (Å²) in [7, 11) is 0. The van der Waals surface area contributed by atoms with Crippen molar-refractivity contribution in [1.82, 2.24) is 4.98 Å². The standard InChI is InChI=1S/C16H15ClF3N3O3/c1-2-26-13(24)7-10-11(17)8-21-15(14(10)18)22-9-16(19,20)12-5-3-4-6-23(12)25/h3-6,8H,2,7,9H2,1H3,(H,21,22). The van der Waals surface area contributed by atoms with Crippen LogP contribution in [0.3, 0.4) is 0 Å². The molecule has 0 fully saturated rings. The largest absolute Gasteiger partial charge is 0.618 e. The second-order valence-corrected chi connectivity index (χ2v) is 5.61. The fourth-order valence-corrected chi connectivity index (χ4v) is 2.34. The van der Waals surface area contributed by atoms with Gasteiger partial charge in [0.05, 0.1) is 24.6 Å². The number of halogens is 4. The molecule has 2 aromatic heterocycles. The van der Waals surface area contributed by atoms with Crippen molar-refractivity contribution in [2.75, 3.05) is 18.5 Å². The van der Waals surface area contributed by atoms with E-state index in [1.54, 1.807) is 6.92 Å². The molecule has 0 saturated carbocycles. The highest BCUT2D eigenvalue weighted by Gasteiger charge is 2.39. The first-order valence-corrected chi connectivity index (χ1v) is 7.93. The van der Waals surface area contributed by atoms with Crippen LogP contribution < -0.4 is 10.0 Å². The molecule has 6 nitrogen and oxygen atoms in total. The molecule has 0 aliphatic heterocycles. The predicted octanol–water partition coefficient (Wildman–Crippen LogP) is 2.82. The van der Waals surface area contributed by atoms with Crippen LogP contribution in [0.4, 0.5) is 19.0 Å². The molecule has 2 aromatic rings. The molecular weight excluding hydrogens is 375 g/mol. The summed E-state index contributed by atoms with van der Waals surface area (Å²) >= 11 is 5.82. The number of ether oxygens (including phenoxy) is 1. The Morgan fingerprint density at radius 1 is 1.46 bits per heavy atom. The van der Waals surface area contributed by atoms with Crippen molar-refractivity contribution < 1.29 is 27.4 Å². The number of alkyl halides is 2. The summed E-state index contributed by atoms with van der Waals surface area (Å²) in [6.45, 7) is 0.611. The Kier molecular flexibility index (Phi) is 6.25. The van der Waals surface area contributed by atoms with Crippen molar-refractivity contribution in [2.24, 2.45) is 0 Å². The Labute approximate surface area is 152 Å². The molecule has 2 rings (SSSR count). The molecule has 0 spiro atoms. The van der Waals surface area contributed by atoms with Gasteiger partial charge in [0.1, 0.15) is 0 Å². The summed E-state index contributed by atoms with van der Waals surface area (Å²) in [6, 6.07) is 3.56. The maximum atomic E-state index is 14.5. The normalized spacial score (nSPS) is 11.3. The molecule has 0 aliphatic carbocycles. The van der Waals surface area contributed by atoms with Crippen LogP contribution in [0.15, 0.2) is 30.6 Å². The number of esters is 1. The van der Waals surface area contributed by atoms with Gasteiger partial charge in [-0.2, -0.15) is 13.5 Å². The van der Waals surface area contributed by atoms with E-state index in [9.17, 15) is 23.2 Å². The molecule has 0 radical (unpaired) electrons. The average Bonchev–Trinajstić information content (AvgIpc) is 2.58. The zero-order valence-corrected chi connectivity index (χ0v) is 14.4. The van der Waals surface area contributed by atoms with Crippen LogP contribution in [-0.2, 0) is 21.9 Å². The van der Waals surface area contributed by atoms with Gasteiger partial charge in [0.2, 0.25) is 0 Å². The van der Waals surface area contributed by atoms with E-state index in [0.29, 0.717) is 0 Å². The van der Waals surface area contributed by atoms with Crippen molar-refractivity contribution in [3.05, 3.63) is 57.9 Å². The maximum Gasteiger partial charge on any atom is 0.347 e. The van der Waals surface area contributed by atoms with Crippen LogP contribution in [-0.4, -0.2) is 24.1 Å². The number of hydrogen-bond acceptors (Lipinski definition) is 5. The number of pyridine rings is 2. The number of nitrogens with one attached hydrogen (secondary N) is 1. The molecule has 0 unspecified atom stereocenters.